The highest BCUT2D eigenvalue weighted by Crippen LogP contribution is 2.33. The third-order valence-electron chi connectivity index (χ3n) is 3.90. The number of aliphatic hydroxyl groups excluding tert-OH is 1. The van der Waals surface area contributed by atoms with Gasteiger partial charge in [0.15, 0.2) is 0 Å². The molecule has 20 heavy (non-hydrogen) atoms. The Hall–Kier alpha value is -0.430. The number of thiophene rings is 1. The second kappa shape index (κ2) is 6.56. The van der Waals surface area contributed by atoms with Gasteiger partial charge in [-0.3, -0.25) is 0 Å². The van der Waals surface area contributed by atoms with Crippen LogP contribution in [0.1, 0.15) is 49.5 Å². The molecule has 1 atom stereocenters. The summed E-state index contributed by atoms with van der Waals surface area (Å²) in [5.74, 6) is 0. The Kier molecular flexibility index (Phi) is 5.23. The van der Waals surface area contributed by atoms with Gasteiger partial charge in [-0.1, -0.05) is 19.8 Å². The lowest BCUT2D eigenvalue weighted by atomic mass is 10.0. The van der Waals surface area contributed by atoms with E-state index in [1.54, 1.807) is 10.4 Å². The molecule has 1 aliphatic rings. The van der Waals surface area contributed by atoms with Crippen LogP contribution in [-0.4, -0.2) is 30.4 Å². The molecule has 114 valence electrons. The van der Waals surface area contributed by atoms with E-state index in [9.17, 15) is 13.5 Å². The van der Waals surface area contributed by atoms with Crippen LogP contribution in [0.5, 0.6) is 0 Å². The highest BCUT2D eigenvalue weighted by Gasteiger charge is 2.34. The number of sulfonamides is 1. The minimum absolute atomic E-state index is 0.0928. The van der Waals surface area contributed by atoms with Crippen LogP contribution in [0, 0.1) is 6.92 Å². The molecule has 2 rings (SSSR count). The van der Waals surface area contributed by atoms with E-state index in [0.717, 1.165) is 42.5 Å². The average molecular weight is 317 g/mol. The maximum absolute atomic E-state index is 12.8. The Balaban J connectivity index is 2.31. The van der Waals surface area contributed by atoms with Gasteiger partial charge >= 0.3 is 0 Å². The number of aryl methyl sites for hydroxylation is 1. The molecule has 1 fully saturated rings. The van der Waals surface area contributed by atoms with Gasteiger partial charge in [0.1, 0.15) is 4.21 Å². The summed E-state index contributed by atoms with van der Waals surface area (Å²) < 4.78 is 27.7. The second-order valence-corrected chi connectivity index (χ2v) is 8.64. The van der Waals surface area contributed by atoms with Gasteiger partial charge in [-0.25, -0.2) is 8.42 Å². The molecule has 0 aromatic carbocycles. The fourth-order valence-corrected chi connectivity index (χ4v) is 6.10. The van der Waals surface area contributed by atoms with E-state index < -0.39 is 10.0 Å². The molecule has 0 saturated carbocycles. The van der Waals surface area contributed by atoms with Crippen molar-refractivity contribution in [3.8, 4) is 0 Å². The zero-order valence-electron chi connectivity index (χ0n) is 12.1. The first-order chi connectivity index (χ1) is 9.50. The number of piperidine rings is 1. The standard InChI is InChI=1S/C14H23NO3S2/c1-3-6-12-7-4-5-8-15(12)20(17,18)14-9-11(2)13(10-16)19-14/h9,12,16H,3-8,10H2,1-2H3. The summed E-state index contributed by atoms with van der Waals surface area (Å²) in [6, 6.07) is 1.84. The van der Waals surface area contributed by atoms with Crippen molar-refractivity contribution < 1.29 is 13.5 Å². The van der Waals surface area contributed by atoms with Crippen molar-refractivity contribution in [2.45, 2.75) is 62.8 Å². The highest BCUT2D eigenvalue weighted by atomic mass is 32.2. The predicted molar refractivity (Wildman–Crippen MR) is 81.4 cm³/mol. The molecule has 0 radical (unpaired) electrons. The van der Waals surface area contributed by atoms with Crippen LogP contribution in [-0.2, 0) is 16.6 Å². The molecule has 1 aromatic heterocycles. The van der Waals surface area contributed by atoms with Crippen molar-refractivity contribution in [2.75, 3.05) is 6.54 Å². The lowest BCUT2D eigenvalue weighted by Crippen LogP contribution is -2.43. The second-order valence-electron chi connectivity index (χ2n) is 5.38. The summed E-state index contributed by atoms with van der Waals surface area (Å²) in [5.41, 5.74) is 0.861. The van der Waals surface area contributed by atoms with Crippen molar-refractivity contribution in [3.05, 3.63) is 16.5 Å². The van der Waals surface area contributed by atoms with Crippen LogP contribution in [0.4, 0.5) is 0 Å². The SMILES string of the molecule is CCCC1CCCCN1S(=O)(=O)c1cc(C)c(CO)s1. The third-order valence-corrected chi connectivity index (χ3v) is 7.52. The van der Waals surface area contributed by atoms with Crippen LogP contribution in [0.2, 0.25) is 0 Å². The Morgan fingerprint density at radius 2 is 2.20 bits per heavy atom. The van der Waals surface area contributed by atoms with E-state index in [2.05, 4.69) is 6.92 Å². The van der Waals surface area contributed by atoms with Crippen molar-refractivity contribution in [2.24, 2.45) is 0 Å². The minimum atomic E-state index is -3.40. The molecular formula is C14H23NO3S2. The smallest absolute Gasteiger partial charge is 0.252 e. The van der Waals surface area contributed by atoms with Crippen LogP contribution in [0.3, 0.4) is 0 Å². The summed E-state index contributed by atoms with van der Waals surface area (Å²) in [4.78, 5) is 0.743. The summed E-state index contributed by atoms with van der Waals surface area (Å²) in [6.07, 6.45) is 4.95. The normalized spacial score (nSPS) is 21.2. The maximum Gasteiger partial charge on any atom is 0.252 e. The fourth-order valence-electron chi connectivity index (χ4n) is 2.80. The lowest BCUT2D eigenvalue weighted by molar-refractivity contribution is 0.240. The van der Waals surface area contributed by atoms with E-state index in [0.29, 0.717) is 10.8 Å². The molecule has 0 bridgehead atoms. The highest BCUT2D eigenvalue weighted by molar-refractivity contribution is 7.91. The number of aliphatic hydroxyl groups is 1. The van der Waals surface area contributed by atoms with Crippen LogP contribution in [0.25, 0.3) is 0 Å². The van der Waals surface area contributed by atoms with Gasteiger partial charge in [0.05, 0.1) is 6.61 Å². The zero-order valence-corrected chi connectivity index (χ0v) is 13.8. The monoisotopic (exact) mass is 317 g/mol. The van der Waals surface area contributed by atoms with E-state index >= 15 is 0 Å². The predicted octanol–water partition coefficient (Wildman–Crippen LogP) is 2.89. The van der Waals surface area contributed by atoms with Gasteiger partial charge in [-0.2, -0.15) is 4.31 Å². The Labute approximate surface area is 125 Å². The Morgan fingerprint density at radius 3 is 2.80 bits per heavy atom. The zero-order chi connectivity index (χ0) is 14.8. The molecule has 1 unspecified atom stereocenters. The van der Waals surface area contributed by atoms with Crippen molar-refractivity contribution >= 4 is 21.4 Å². The quantitative estimate of drug-likeness (QED) is 0.908. The lowest BCUT2D eigenvalue weighted by Gasteiger charge is -2.34. The molecule has 6 heteroatoms. The van der Waals surface area contributed by atoms with E-state index in [4.69, 9.17) is 0 Å². The van der Waals surface area contributed by atoms with Crippen molar-refractivity contribution in [1.82, 2.24) is 4.31 Å². The summed E-state index contributed by atoms with van der Waals surface area (Å²) in [6.45, 7) is 4.47. The van der Waals surface area contributed by atoms with E-state index in [1.165, 1.54) is 11.3 Å². The maximum atomic E-state index is 12.8. The molecule has 1 N–H and O–H groups in total. The van der Waals surface area contributed by atoms with Crippen LogP contribution >= 0.6 is 11.3 Å². The first kappa shape index (κ1) is 15.9. The number of rotatable bonds is 5. The van der Waals surface area contributed by atoms with Gasteiger partial charge in [0, 0.05) is 17.5 Å². The van der Waals surface area contributed by atoms with Gasteiger partial charge in [-0.05, 0) is 37.8 Å². The number of hydrogen-bond donors (Lipinski definition) is 1. The summed E-state index contributed by atoms with van der Waals surface area (Å²) in [5, 5.41) is 9.25. The Morgan fingerprint density at radius 1 is 1.45 bits per heavy atom. The first-order valence-corrected chi connectivity index (χ1v) is 9.48. The molecule has 0 spiro atoms. The largest absolute Gasteiger partial charge is 0.391 e. The van der Waals surface area contributed by atoms with E-state index in [-0.39, 0.29) is 12.6 Å². The Bertz CT molecular complexity index is 549. The molecule has 0 amide bonds. The molecular weight excluding hydrogens is 294 g/mol. The van der Waals surface area contributed by atoms with Gasteiger partial charge in [-0.15, -0.1) is 11.3 Å². The van der Waals surface area contributed by atoms with Gasteiger partial charge < -0.3 is 5.11 Å². The van der Waals surface area contributed by atoms with E-state index in [1.807, 2.05) is 6.92 Å². The number of hydrogen-bond acceptors (Lipinski definition) is 4. The molecule has 1 saturated heterocycles. The first-order valence-electron chi connectivity index (χ1n) is 7.22. The topological polar surface area (TPSA) is 57.6 Å². The third kappa shape index (κ3) is 3.08. The molecule has 1 aromatic rings. The number of nitrogens with zero attached hydrogens (tertiary/aromatic N) is 1. The van der Waals surface area contributed by atoms with Gasteiger partial charge in [0.25, 0.3) is 10.0 Å². The summed E-state index contributed by atoms with van der Waals surface area (Å²) in [7, 11) is -3.40. The average Bonchev–Trinajstić information content (AvgIpc) is 2.81. The molecule has 2 heterocycles. The van der Waals surface area contributed by atoms with Crippen molar-refractivity contribution in [1.29, 1.82) is 0 Å². The molecule has 0 aliphatic carbocycles. The van der Waals surface area contributed by atoms with Crippen molar-refractivity contribution in [3.63, 3.8) is 0 Å². The van der Waals surface area contributed by atoms with Gasteiger partial charge in [0.2, 0.25) is 0 Å². The fraction of sp³-hybridized carbons (Fsp3) is 0.714. The molecule has 4 nitrogen and oxygen atoms in total. The molecule has 1 aliphatic heterocycles. The van der Waals surface area contributed by atoms with Crippen LogP contribution in [0.15, 0.2) is 10.3 Å². The summed E-state index contributed by atoms with van der Waals surface area (Å²) >= 11 is 1.20. The minimum Gasteiger partial charge on any atom is -0.391 e. The van der Waals surface area contributed by atoms with Crippen LogP contribution < -0.4 is 0 Å².